The van der Waals surface area contributed by atoms with Crippen LogP contribution in [0.1, 0.15) is 19.3 Å². The van der Waals surface area contributed by atoms with Crippen molar-refractivity contribution >= 4 is 58.1 Å². The Balaban J connectivity index is 0.000000313. The van der Waals surface area contributed by atoms with E-state index < -0.39 is 90.0 Å². The van der Waals surface area contributed by atoms with Crippen LogP contribution in [0.2, 0.25) is 0 Å². The first-order valence-corrected chi connectivity index (χ1v) is 14.7. The lowest BCUT2D eigenvalue weighted by molar-refractivity contribution is -0.180. The van der Waals surface area contributed by atoms with Gasteiger partial charge in [-0.1, -0.05) is 0 Å². The van der Waals surface area contributed by atoms with E-state index in [1.54, 1.807) is 18.7 Å². The fourth-order valence-corrected chi connectivity index (χ4v) is 4.94. The van der Waals surface area contributed by atoms with Crippen molar-refractivity contribution in [2.75, 3.05) is 0 Å². The normalized spacial score (nSPS) is 12.8. The SMILES string of the molecule is Cn1c(=O)c2c(ncn2C)n(C)c1=O.Cn1cnc2c1c(=O)n(CC(C(=O)O)C(O)(CC(=O)O)C(=O)O)c(=O)n2C.O=C(O)CC(O)(CC(=O)O)C(=O)O. The van der Waals surface area contributed by atoms with Gasteiger partial charge in [-0.25, -0.2) is 29.1 Å². The van der Waals surface area contributed by atoms with E-state index in [4.69, 9.17) is 25.5 Å². The van der Waals surface area contributed by atoms with E-state index in [1.165, 1.54) is 42.9 Å². The molecule has 0 radical (unpaired) electrons. The first kappa shape index (κ1) is 43.2. The summed E-state index contributed by atoms with van der Waals surface area (Å²) in [5, 5.41) is 71.4. The molecule has 0 aliphatic carbocycles. The van der Waals surface area contributed by atoms with E-state index in [2.05, 4.69) is 9.97 Å². The summed E-state index contributed by atoms with van der Waals surface area (Å²) in [7, 11) is 7.50. The van der Waals surface area contributed by atoms with Gasteiger partial charge in [-0.05, 0) is 0 Å². The van der Waals surface area contributed by atoms with E-state index in [0.717, 1.165) is 9.13 Å². The molecule has 0 saturated heterocycles. The number of aliphatic carboxylic acids is 6. The zero-order valence-electron chi connectivity index (χ0n) is 28.8. The molecule has 4 rings (SSSR count). The van der Waals surface area contributed by atoms with Crippen molar-refractivity contribution in [1.82, 2.24) is 37.4 Å². The second-order valence-corrected chi connectivity index (χ2v) is 11.7. The van der Waals surface area contributed by atoms with Gasteiger partial charge < -0.3 is 50.0 Å². The maximum absolute atomic E-state index is 12.6. The number of imidazole rings is 2. The fourth-order valence-electron chi connectivity index (χ4n) is 4.94. The van der Waals surface area contributed by atoms with Gasteiger partial charge in [0.1, 0.15) is 5.92 Å². The minimum absolute atomic E-state index is 0.0228. The Labute approximate surface area is 297 Å². The first-order chi connectivity index (χ1) is 24.7. The standard InChI is InChI=1S/C14H16N4O9.C8H10N4O2.C6H8O7/c1-16-5-15-9-8(16)10(21)18(13(26)17(9)2)4-6(11(22)23)14(27,12(24)25)3-7(19)20;1-10-4-9-6-5(10)7(13)12(3)8(14)11(6)2;7-3(8)1-6(13,5(11)12)2-4(9)10/h5-6,27H,3-4H2,1-2H3,(H,19,20)(H,22,23)(H,24,25);4H,1-3H3;13H,1-2H2,(H,7,8)(H,9,10)(H,11,12). The van der Waals surface area contributed by atoms with Crippen molar-refractivity contribution in [3.63, 3.8) is 0 Å². The molecule has 2 atom stereocenters. The lowest BCUT2D eigenvalue weighted by Crippen LogP contribution is -2.54. The lowest BCUT2D eigenvalue weighted by atomic mass is 9.84. The van der Waals surface area contributed by atoms with Gasteiger partial charge in [-0.2, -0.15) is 0 Å². The molecule has 294 valence electrons. The van der Waals surface area contributed by atoms with Gasteiger partial charge in [0.2, 0.25) is 0 Å². The third-order valence-corrected chi connectivity index (χ3v) is 7.83. The summed E-state index contributed by atoms with van der Waals surface area (Å²) in [4.78, 5) is 120. The van der Waals surface area contributed by atoms with Crippen LogP contribution in [-0.2, 0) is 70.6 Å². The predicted octanol–water partition coefficient (Wildman–Crippen LogP) is -4.85. The molecule has 8 N–H and O–H groups in total. The Morgan fingerprint density at radius 1 is 0.611 bits per heavy atom. The summed E-state index contributed by atoms with van der Waals surface area (Å²) in [6, 6.07) is 0. The number of carboxylic acids is 6. The van der Waals surface area contributed by atoms with E-state index in [0.29, 0.717) is 15.7 Å². The Bertz CT molecular complexity index is 2390. The third-order valence-electron chi connectivity index (χ3n) is 7.83. The van der Waals surface area contributed by atoms with Gasteiger partial charge in [-0.3, -0.25) is 47.0 Å². The van der Waals surface area contributed by atoms with Crippen LogP contribution in [0.15, 0.2) is 31.8 Å². The molecule has 2 unspecified atom stereocenters. The van der Waals surface area contributed by atoms with Crippen LogP contribution < -0.4 is 22.5 Å². The van der Waals surface area contributed by atoms with Crippen LogP contribution in [0.3, 0.4) is 0 Å². The molecular formula is C28H34N8O18. The van der Waals surface area contributed by atoms with Crippen molar-refractivity contribution in [1.29, 1.82) is 0 Å². The molecule has 0 fully saturated rings. The minimum Gasteiger partial charge on any atom is -0.481 e. The van der Waals surface area contributed by atoms with E-state index in [1.807, 2.05) is 0 Å². The largest absolute Gasteiger partial charge is 0.481 e. The summed E-state index contributed by atoms with van der Waals surface area (Å²) in [5.41, 5.74) is -7.79. The number of nitrogens with zero attached hydrogens (tertiary/aromatic N) is 8. The second kappa shape index (κ2) is 16.2. The zero-order valence-corrected chi connectivity index (χ0v) is 28.8. The summed E-state index contributed by atoms with van der Waals surface area (Å²) < 4.78 is 6.70. The molecule has 0 bridgehead atoms. The van der Waals surface area contributed by atoms with Crippen LogP contribution in [0.5, 0.6) is 0 Å². The van der Waals surface area contributed by atoms with E-state index in [9.17, 15) is 63.3 Å². The molecule has 26 nitrogen and oxygen atoms in total. The highest BCUT2D eigenvalue weighted by Gasteiger charge is 2.50. The molecule has 0 saturated carbocycles. The van der Waals surface area contributed by atoms with Crippen molar-refractivity contribution in [2.24, 2.45) is 41.2 Å². The number of rotatable bonds is 12. The summed E-state index contributed by atoms with van der Waals surface area (Å²) in [6.45, 7) is -1.06. The number of aryl methyl sites for hydroxylation is 4. The van der Waals surface area contributed by atoms with Crippen molar-refractivity contribution in [2.45, 2.75) is 37.0 Å². The monoisotopic (exact) mass is 770 g/mol. The van der Waals surface area contributed by atoms with Gasteiger partial charge in [0.15, 0.2) is 33.5 Å². The topological polar surface area (TPSA) is 388 Å². The molecule has 54 heavy (non-hydrogen) atoms. The summed E-state index contributed by atoms with van der Waals surface area (Å²) >= 11 is 0. The number of hydrogen-bond acceptors (Lipinski definition) is 14. The zero-order chi connectivity index (χ0) is 41.8. The smallest absolute Gasteiger partial charge is 0.337 e. The van der Waals surface area contributed by atoms with Gasteiger partial charge in [0.05, 0.1) is 31.9 Å². The summed E-state index contributed by atoms with van der Waals surface area (Å²) in [6.07, 6.45) is -0.959. The molecule has 0 aliphatic heterocycles. The predicted molar refractivity (Wildman–Crippen MR) is 174 cm³/mol. The Morgan fingerprint density at radius 3 is 1.39 bits per heavy atom. The molecular weight excluding hydrogens is 736 g/mol. The van der Waals surface area contributed by atoms with Crippen LogP contribution >= 0.6 is 0 Å². The Hall–Kier alpha value is -6.96. The van der Waals surface area contributed by atoms with Crippen LogP contribution in [0.25, 0.3) is 22.3 Å². The number of aromatic nitrogens is 8. The number of aliphatic hydroxyl groups is 2. The average molecular weight is 771 g/mol. The van der Waals surface area contributed by atoms with Crippen molar-refractivity contribution in [3.8, 4) is 0 Å². The number of fused-ring (bicyclic) bond motifs is 2. The van der Waals surface area contributed by atoms with Gasteiger partial charge >= 0.3 is 47.2 Å². The van der Waals surface area contributed by atoms with Crippen molar-refractivity contribution in [3.05, 3.63) is 54.3 Å². The van der Waals surface area contributed by atoms with Crippen LogP contribution in [0, 0.1) is 5.92 Å². The first-order valence-electron chi connectivity index (χ1n) is 14.7. The average Bonchev–Trinajstić information content (AvgIpc) is 3.63. The van der Waals surface area contributed by atoms with Crippen molar-refractivity contribution < 1.29 is 69.6 Å². The second-order valence-electron chi connectivity index (χ2n) is 11.7. The maximum Gasteiger partial charge on any atom is 0.337 e. The molecule has 4 heterocycles. The van der Waals surface area contributed by atoms with Gasteiger partial charge in [0, 0.05) is 41.8 Å². The van der Waals surface area contributed by atoms with Crippen LogP contribution in [-0.4, -0.2) is 125 Å². The highest BCUT2D eigenvalue weighted by atomic mass is 16.4. The summed E-state index contributed by atoms with van der Waals surface area (Å²) in [5.74, 6) is -13.1. The van der Waals surface area contributed by atoms with E-state index in [-0.39, 0.29) is 22.4 Å². The fraction of sp³-hybridized carbons (Fsp3) is 0.429. The Morgan fingerprint density at radius 2 is 1.02 bits per heavy atom. The molecule has 26 heteroatoms. The highest BCUT2D eigenvalue weighted by molar-refractivity contribution is 5.90. The third kappa shape index (κ3) is 8.73. The maximum atomic E-state index is 12.6. The van der Waals surface area contributed by atoms with Gasteiger partial charge in [0.25, 0.3) is 11.1 Å². The molecule has 4 aromatic heterocycles. The number of carboxylic acid groups (broad SMARTS) is 6. The molecule has 0 spiro atoms. The number of carbonyl (C=O) groups is 6. The van der Waals surface area contributed by atoms with E-state index >= 15 is 0 Å². The quantitative estimate of drug-likeness (QED) is 0.0669. The lowest BCUT2D eigenvalue weighted by Gasteiger charge is -2.28. The molecule has 4 aromatic rings. The molecule has 0 aromatic carbocycles. The minimum atomic E-state index is -3.25. The molecule has 0 aliphatic rings. The highest BCUT2D eigenvalue weighted by Crippen LogP contribution is 2.24. The Kier molecular flexibility index (Phi) is 12.9. The van der Waals surface area contributed by atoms with Crippen LogP contribution in [0.4, 0.5) is 0 Å². The number of hydrogen-bond donors (Lipinski definition) is 8. The van der Waals surface area contributed by atoms with Gasteiger partial charge in [-0.15, -0.1) is 0 Å². The molecule has 0 amide bonds.